The highest BCUT2D eigenvalue weighted by Crippen LogP contribution is 2.30. The molecule has 10 heteroatoms. The smallest absolute Gasteiger partial charge is 0.311 e. The SMILES string of the molecule is CNC(=O)[C@H](Cc1ccccc1)N(Cc1ccc(F)cc1)C(=O)COc1ccc([N+](=O)[O-])c(OC)c1. The number of hydrogen-bond donors (Lipinski definition) is 1. The van der Waals surface area contributed by atoms with Gasteiger partial charge in [-0.1, -0.05) is 42.5 Å². The Morgan fingerprint density at radius 1 is 1.06 bits per heavy atom. The first-order chi connectivity index (χ1) is 17.3. The Bertz CT molecular complexity index is 1200. The second-order valence-electron chi connectivity index (χ2n) is 7.85. The van der Waals surface area contributed by atoms with Crippen molar-refractivity contribution >= 4 is 17.5 Å². The van der Waals surface area contributed by atoms with Gasteiger partial charge in [-0.2, -0.15) is 0 Å². The molecule has 0 fully saturated rings. The minimum absolute atomic E-state index is 0.0135. The minimum atomic E-state index is -0.870. The van der Waals surface area contributed by atoms with Crippen LogP contribution >= 0.6 is 0 Å². The fraction of sp³-hybridized carbons (Fsp3) is 0.231. The van der Waals surface area contributed by atoms with Gasteiger partial charge in [-0.05, 0) is 29.3 Å². The van der Waals surface area contributed by atoms with Crippen molar-refractivity contribution in [3.8, 4) is 11.5 Å². The van der Waals surface area contributed by atoms with E-state index in [1.807, 2.05) is 30.3 Å². The lowest BCUT2D eigenvalue weighted by molar-refractivity contribution is -0.385. The summed E-state index contributed by atoms with van der Waals surface area (Å²) in [6.45, 7) is -0.401. The van der Waals surface area contributed by atoms with Crippen molar-refractivity contribution in [2.75, 3.05) is 20.8 Å². The van der Waals surface area contributed by atoms with Crippen LogP contribution in [0.4, 0.5) is 10.1 Å². The topological polar surface area (TPSA) is 111 Å². The Balaban J connectivity index is 1.87. The maximum absolute atomic E-state index is 13.4. The number of nitrogens with one attached hydrogen (secondary N) is 1. The van der Waals surface area contributed by atoms with E-state index in [9.17, 15) is 24.1 Å². The maximum atomic E-state index is 13.4. The molecular formula is C26H26FN3O6. The molecule has 9 nitrogen and oxygen atoms in total. The number of hydrogen-bond acceptors (Lipinski definition) is 6. The number of carbonyl (C=O) groups excluding carboxylic acids is 2. The van der Waals surface area contributed by atoms with Gasteiger partial charge in [0.15, 0.2) is 6.61 Å². The summed E-state index contributed by atoms with van der Waals surface area (Å²) in [4.78, 5) is 38.2. The molecule has 0 saturated carbocycles. The van der Waals surface area contributed by atoms with Gasteiger partial charge in [0, 0.05) is 32.1 Å². The zero-order valence-corrected chi connectivity index (χ0v) is 19.8. The number of halogens is 1. The van der Waals surface area contributed by atoms with E-state index in [4.69, 9.17) is 9.47 Å². The predicted octanol–water partition coefficient (Wildman–Crippen LogP) is 3.51. The van der Waals surface area contributed by atoms with Crippen LogP contribution in [0.5, 0.6) is 11.5 Å². The Morgan fingerprint density at radius 2 is 1.75 bits per heavy atom. The van der Waals surface area contributed by atoms with Gasteiger partial charge in [0.05, 0.1) is 12.0 Å². The fourth-order valence-corrected chi connectivity index (χ4v) is 3.63. The predicted molar refractivity (Wildman–Crippen MR) is 130 cm³/mol. The number of rotatable bonds is 11. The highest BCUT2D eigenvalue weighted by Gasteiger charge is 2.30. The maximum Gasteiger partial charge on any atom is 0.311 e. The molecule has 0 aliphatic rings. The van der Waals surface area contributed by atoms with Crippen LogP contribution < -0.4 is 14.8 Å². The van der Waals surface area contributed by atoms with Crippen molar-refractivity contribution in [1.29, 1.82) is 0 Å². The van der Waals surface area contributed by atoms with E-state index in [2.05, 4.69) is 5.32 Å². The molecule has 1 atom stereocenters. The summed E-state index contributed by atoms with van der Waals surface area (Å²) >= 11 is 0. The van der Waals surface area contributed by atoms with E-state index in [0.717, 1.165) is 5.56 Å². The molecule has 2 amide bonds. The molecule has 0 spiro atoms. The van der Waals surface area contributed by atoms with Gasteiger partial charge in [0.2, 0.25) is 11.7 Å². The van der Waals surface area contributed by atoms with Gasteiger partial charge >= 0.3 is 5.69 Å². The number of nitro groups is 1. The normalized spacial score (nSPS) is 11.3. The average Bonchev–Trinajstić information content (AvgIpc) is 2.90. The van der Waals surface area contributed by atoms with Crippen LogP contribution in [0, 0.1) is 15.9 Å². The third kappa shape index (κ3) is 6.78. The molecule has 3 aromatic carbocycles. The molecule has 0 heterocycles. The standard InChI is InChI=1S/C26H26FN3O6/c1-28-26(32)23(14-18-6-4-3-5-7-18)29(16-19-8-10-20(27)11-9-19)25(31)17-36-21-12-13-22(30(33)34)24(15-21)35-2/h3-13,15,23H,14,16-17H2,1-2H3,(H,28,32)/t23-/m0/s1. The van der Waals surface area contributed by atoms with Crippen LogP contribution in [-0.2, 0) is 22.6 Å². The first-order valence-electron chi connectivity index (χ1n) is 11.1. The van der Waals surface area contributed by atoms with E-state index in [1.54, 1.807) is 12.1 Å². The molecule has 0 aliphatic heterocycles. The van der Waals surface area contributed by atoms with Crippen LogP contribution in [0.3, 0.4) is 0 Å². The highest BCUT2D eigenvalue weighted by atomic mass is 19.1. The van der Waals surface area contributed by atoms with E-state index in [0.29, 0.717) is 5.56 Å². The van der Waals surface area contributed by atoms with Crippen LogP contribution in [0.2, 0.25) is 0 Å². The molecule has 0 aromatic heterocycles. The number of benzene rings is 3. The lowest BCUT2D eigenvalue weighted by atomic mass is 10.0. The van der Waals surface area contributed by atoms with E-state index < -0.39 is 29.3 Å². The summed E-state index contributed by atoms with van der Waals surface area (Å²) < 4.78 is 24.1. The first kappa shape index (κ1) is 26.1. The summed E-state index contributed by atoms with van der Waals surface area (Å²) in [6, 6.07) is 17.9. The molecule has 3 rings (SSSR count). The number of methoxy groups -OCH3 is 1. The quantitative estimate of drug-likeness (QED) is 0.322. The summed E-state index contributed by atoms with van der Waals surface area (Å²) in [5, 5.41) is 13.7. The van der Waals surface area contributed by atoms with Gasteiger partial charge in [0.1, 0.15) is 17.6 Å². The molecule has 36 heavy (non-hydrogen) atoms. The summed E-state index contributed by atoms with van der Waals surface area (Å²) in [6.07, 6.45) is 0.249. The largest absolute Gasteiger partial charge is 0.490 e. The van der Waals surface area contributed by atoms with Crippen LogP contribution in [0.15, 0.2) is 72.8 Å². The molecule has 0 aliphatic carbocycles. The van der Waals surface area contributed by atoms with Crippen LogP contribution in [0.1, 0.15) is 11.1 Å². The summed E-state index contributed by atoms with van der Waals surface area (Å²) in [5.74, 6) is -1.11. The number of amides is 2. The van der Waals surface area contributed by atoms with Crippen LogP contribution in [0.25, 0.3) is 0 Å². The average molecular weight is 496 g/mol. The number of likely N-dealkylation sites (N-methyl/N-ethyl adjacent to an activating group) is 1. The summed E-state index contributed by atoms with van der Waals surface area (Å²) in [5.41, 5.74) is 1.24. The number of ether oxygens (including phenoxy) is 2. The Hall–Kier alpha value is -4.47. The second-order valence-corrected chi connectivity index (χ2v) is 7.85. The lowest BCUT2D eigenvalue weighted by Crippen LogP contribution is -2.51. The Labute approximate surface area is 207 Å². The molecule has 0 unspecified atom stereocenters. The van der Waals surface area contributed by atoms with Gasteiger partial charge < -0.3 is 19.7 Å². The van der Waals surface area contributed by atoms with Gasteiger partial charge in [-0.3, -0.25) is 19.7 Å². The van der Waals surface area contributed by atoms with Crippen LogP contribution in [-0.4, -0.2) is 48.4 Å². The van der Waals surface area contributed by atoms with E-state index in [-0.39, 0.29) is 36.1 Å². The molecular weight excluding hydrogens is 469 g/mol. The van der Waals surface area contributed by atoms with Crippen molar-refractivity contribution in [3.05, 3.63) is 99.9 Å². The van der Waals surface area contributed by atoms with Crippen molar-refractivity contribution in [3.63, 3.8) is 0 Å². The van der Waals surface area contributed by atoms with Crippen molar-refractivity contribution in [1.82, 2.24) is 10.2 Å². The molecule has 188 valence electrons. The number of carbonyl (C=O) groups is 2. The molecule has 0 saturated heterocycles. The third-order valence-electron chi connectivity index (χ3n) is 5.49. The fourth-order valence-electron chi connectivity index (χ4n) is 3.63. The summed E-state index contributed by atoms with van der Waals surface area (Å²) in [7, 11) is 2.78. The van der Waals surface area contributed by atoms with E-state index in [1.165, 1.54) is 49.4 Å². The zero-order valence-electron chi connectivity index (χ0n) is 19.8. The third-order valence-corrected chi connectivity index (χ3v) is 5.49. The van der Waals surface area contributed by atoms with Crippen molar-refractivity contribution in [2.45, 2.75) is 19.0 Å². The molecule has 0 radical (unpaired) electrons. The second kappa shape index (κ2) is 12.3. The lowest BCUT2D eigenvalue weighted by Gasteiger charge is -2.31. The van der Waals surface area contributed by atoms with Crippen molar-refractivity contribution < 1.29 is 28.4 Å². The van der Waals surface area contributed by atoms with Gasteiger partial charge in [0.25, 0.3) is 5.91 Å². The molecule has 0 bridgehead atoms. The zero-order chi connectivity index (χ0) is 26.1. The van der Waals surface area contributed by atoms with Gasteiger partial charge in [-0.15, -0.1) is 0 Å². The number of nitro benzene ring substituents is 1. The monoisotopic (exact) mass is 495 g/mol. The number of nitrogens with zero attached hydrogens (tertiary/aromatic N) is 2. The first-order valence-corrected chi connectivity index (χ1v) is 11.1. The van der Waals surface area contributed by atoms with E-state index >= 15 is 0 Å². The molecule has 3 aromatic rings. The Kier molecular flexibility index (Phi) is 8.93. The minimum Gasteiger partial charge on any atom is -0.490 e. The highest BCUT2D eigenvalue weighted by molar-refractivity contribution is 5.88. The Morgan fingerprint density at radius 3 is 2.36 bits per heavy atom. The van der Waals surface area contributed by atoms with Crippen molar-refractivity contribution in [2.24, 2.45) is 0 Å². The molecule has 1 N–H and O–H groups in total. The van der Waals surface area contributed by atoms with Gasteiger partial charge in [-0.25, -0.2) is 4.39 Å².